The number of benzene rings is 1. The van der Waals surface area contributed by atoms with Gasteiger partial charge in [0.15, 0.2) is 0 Å². The molecule has 0 radical (unpaired) electrons. The van der Waals surface area contributed by atoms with Crippen LogP contribution < -0.4 is 4.72 Å². The van der Waals surface area contributed by atoms with Gasteiger partial charge >= 0.3 is 5.97 Å². The Labute approximate surface area is 101 Å². The number of carboxylic acid groups (broad SMARTS) is 1. The highest BCUT2D eigenvalue weighted by atomic mass is 32.2. The van der Waals surface area contributed by atoms with Gasteiger partial charge in [0.25, 0.3) is 0 Å². The van der Waals surface area contributed by atoms with Crippen LogP contribution in [0.4, 0.5) is 5.69 Å². The van der Waals surface area contributed by atoms with Gasteiger partial charge in [0.2, 0.25) is 10.0 Å². The van der Waals surface area contributed by atoms with Crippen LogP contribution in [0.2, 0.25) is 0 Å². The summed E-state index contributed by atoms with van der Waals surface area (Å²) in [7, 11) is -3.45. The molecule has 0 aliphatic heterocycles. The zero-order valence-corrected chi connectivity index (χ0v) is 10.7. The summed E-state index contributed by atoms with van der Waals surface area (Å²) in [5.74, 6) is -1.08. The maximum atomic E-state index is 11.6. The average molecular weight is 257 g/mol. The highest BCUT2D eigenvalue weighted by molar-refractivity contribution is 7.93. The molecular formula is C11H15NO4S. The topological polar surface area (TPSA) is 83.5 Å². The Balaban J connectivity index is 3.10. The summed E-state index contributed by atoms with van der Waals surface area (Å²) in [6.07, 6.45) is 0. The lowest BCUT2D eigenvalue weighted by atomic mass is 10.1. The third-order valence-corrected chi connectivity index (χ3v) is 4.11. The van der Waals surface area contributed by atoms with E-state index >= 15 is 0 Å². The second-order valence-electron chi connectivity index (χ2n) is 4.03. The Kier molecular flexibility index (Phi) is 3.77. The van der Waals surface area contributed by atoms with Gasteiger partial charge in [-0.15, -0.1) is 0 Å². The first-order chi connectivity index (χ1) is 7.74. The minimum atomic E-state index is -3.45. The van der Waals surface area contributed by atoms with E-state index in [-0.39, 0.29) is 11.3 Å². The van der Waals surface area contributed by atoms with Crippen molar-refractivity contribution in [3.63, 3.8) is 0 Å². The van der Waals surface area contributed by atoms with E-state index in [1.165, 1.54) is 6.07 Å². The summed E-state index contributed by atoms with van der Waals surface area (Å²) in [6.45, 7) is 4.76. The zero-order chi connectivity index (χ0) is 13.2. The van der Waals surface area contributed by atoms with Gasteiger partial charge in [-0.1, -0.05) is 6.07 Å². The molecule has 1 rings (SSSR count). The summed E-state index contributed by atoms with van der Waals surface area (Å²) < 4.78 is 25.6. The minimum Gasteiger partial charge on any atom is -0.478 e. The number of aromatic carboxylic acids is 1. The molecular weight excluding hydrogens is 242 g/mol. The van der Waals surface area contributed by atoms with Crippen LogP contribution >= 0.6 is 0 Å². The Morgan fingerprint density at radius 2 is 1.94 bits per heavy atom. The SMILES string of the molecule is Cc1ccc(NS(=O)(=O)C(C)C)cc1C(=O)O. The normalized spacial score (nSPS) is 11.5. The molecule has 0 saturated heterocycles. The number of hydrogen-bond acceptors (Lipinski definition) is 3. The first kappa shape index (κ1) is 13.5. The third-order valence-electron chi connectivity index (χ3n) is 2.35. The number of hydrogen-bond donors (Lipinski definition) is 2. The average Bonchev–Trinajstić information content (AvgIpc) is 2.20. The van der Waals surface area contributed by atoms with E-state index in [0.29, 0.717) is 5.56 Å². The monoisotopic (exact) mass is 257 g/mol. The van der Waals surface area contributed by atoms with Crippen LogP contribution in [0.25, 0.3) is 0 Å². The molecule has 0 aliphatic carbocycles. The van der Waals surface area contributed by atoms with Gasteiger partial charge < -0.3 is 5.11 Å². The van der Waals surface area contributed by atoms with Gasteiger partial charge in [-0.2, -0.15) is 0 Å². The fourth-order valence-corrected chi connectivity index (χ4v) is 1.89. The minimum absolute atomic E-state index is 0.0916. The Bertz CT molecular complexity index is 534. The molecule has 0 heterocycles. The maximum absolute atomic E-state index is 11.6. The number of rotatable bonds is 4. The van der Waals surface area contributed by atoms with Crippen LogP contribution in [0, 0.1) is 6.92 Å². The second-order valence-corrected chi connectivity index (χ2v) is 6.27. The van der Waals surface area contributed by atoms with Gasteiger partial charge in [0, 0.05) is 5.69 Å². The lowest BCUT2D eigenvalue weighted by Gasteiger charge is -2.11. The van der Waals surface area contributed by atoms with Crippen LogP contribution in [0.1, 0.15) is 29.8 Å². The molecule has 2 N–H and O–H groups in total. The van der Waals surface area contributed by atoms with Gasteiger partial charge in [0.1, 0.15) is 0 Å². The van der Waals surface area contributed by atoms with Gasteiger partial charge in [-0.25, -0.2) is 13.2 Å². The van der Waals surface area contributed by atoms with Crippen molar-refractivity contribution >= 4 is 21.7 Å². The zero-order valence-electron chi connectivity index (χ0n) is 9.89. The summed E-state index contributed by atoms with van der Waals surface area (Å²) in [6, 6.07) is 4.43. The van der Waals surface area contributed by atoms with Crippen molar-refractivity contribution in [3.05, 3.63) is 29.3 Å². The van der Waals surface area contributed by atoms with Crippen LogP contribution in [-0.2, 0) is 10.0 Å². The molecule has 6 heteroatoms. The number of aryl methyl sites for hydroxylation is 1. The summed E-state index contributed by atoms with van der Waals surface area (Å²) in [5, 5.41) is 8.35. The molecule has 0 atom stereocenters. The quantitative estimate of drug-likeness (QED) is 0.862. The van der Waals surface area contributed by atoms with E-state index in [2.05, 4.69) is 4.72 Å². The van der Waals surface area contributed by atoms with Crippen LogP contribution in [-0.4, -0.2) is 24.7 Å². The molecule has 1 aromatic rings. The number of carboxylic acids is 1. The molecule has 1 aromatic carbocycles. The summed E-state index contributed by atoms with van der Waals surface area (Å²) in [5.41, 5.74) is 0.945. The first-order valence-electron chi connectivity index (χ1n) is 5.09. The van der Waals surface area contributed by atoms with E-state index in [4.69, 9.17) is 5.11 Å². The summed E-state index contributed by atoms with van der Waals surface area (Å²) >= 11 is 0. The van der Waals surface area contributed by atoms with Crippen molar-refractivity contribution in [1.82, 2.24) is 0 Å². The van der Waals surface area contributed by atoms with Crippen molar-refractivity contribution < 1.29 is 18.3 Å². The molecule has 0 unspecified atom stereocenters. The van der Waals surface area contributed by atoms with Crippen LogP contribution in [0.5, 0.6) is 0 Å². The predicted molar refractivity (Wildman–Crippen MR) is 65.8 cm³/mol. The van der Waals surface area contributed by atoms with E-state index in [0.717, 1.165) is 0 Å². The molecule has 0 aliphatic rings. The lowest BCUT2D eigenvalue weighted by molar-refractivity contribution is 0.0696. The molecule has 94 valence electrons. The van der Waals surface area contributed by atoms with Crippen molar-refractivity contribution in [2.45, 2.75) is 26.0 Å². The van der Waals surface area contributed by atoms with Crippen LogP contribution in [0.15, 0.2) is 18.2 Å². The van der Waals surface area contributed by atoms with Gasteiger partial charge in [0.05, 0.1) is 10.8 Å². The van der Waals surface area contributed by atoms with E-state index in [9.17, 15) is 13.2 Å². The molecule has 0 saturated carbocycles. The smallest absolute Gasteiger partial charge is 0.336 e. The molecule has 0 bridgehead atoms. The Hall–Kier alpha value is -1.56. The second kappa shape index (κ2) is 4.75. The fourth-order valence-electron chi connectivity index (χ4n) is 1.20. The largest absolute Gasteiger partial charge is 0.478 e. The van der Waals surface area contributed by atoms with Gasteiger partial charge in [-0.05, 0) is 38.5 Å². The predicted octanol–water partition coefficient (Wildman–Crippen LogP) is 1.84. The van der Waals surface area contributed by atoms with Gasteiger partial charge in [-0.3, -0.25) is 4.72 Å². The van der Waals surface area contributed by atoms with E-state index < -0.39 is 21.2 Å². The first-order valence-corrected chi connectivity index (χ1v) is 6.64. The molecule has 17 heavy (non-hydrogen) atoms. The molecule has 5 nitrogen and oxygen atoms in total. The third kappa shape index (κ3) is 3.20. The Morgan fingerprint density at radius 3 is 2.41 bits per heavy atom. The number of sulfonamides is 1. The van der Waals surface area contributed by atoms with Crippen molar-refractivity contribution in [2.75, 3.05) is 4.72 Å². The van der Waals surface area contributed by atoms with Crippen molar-refractivity contribution in [1.29, 1.82) is 0 Å². The van der Waals surface area contributed by atoms with Crippen molar-refractivity contribution in [2.24, 2.45) is 0 Å². The number of nitrogens with one attached hydrogen (secondary N) is 1. The molecule has 0 amide bonds. The molecule has 0 spiro atoms. The fraction of sp³-hybridized carbons (Fsp3) is 0.364. The van der Waals surface area contributed by atoms with E-state index in [1.54, 1.807) is 32.9 Å². The maximum Gasteiger partial charge on any atom is 0.336 e. The number of anilines is 1. The highest BCUT2D eigenvalue weighted by Crippen LogP contribution is 2.17. The standard InChI is InChI=1S/C11H15NO4S/c1-7(2)17(15,16)12-9-5-4-8(3)10(6-9)11(13)14/h4-7,12H,1-3H3,(H,13,14). The van der Waals surface area contributed by atoms with Crippen LogP contribution in [0.3, 0.4) is 0 Å². The molecule has 0 aromatic heterocycles. The molecule has 0 fully saturated rings. The van der Waals surface area contributed by atoms with Crippen molar-refractivity contribution in [3.8, 4) is 0 Å². The van der Waals surface area contributed by atoms with E-state index in [1.807, 2.05) is 0 Å². The Morgan fingerprint density at radius 1 is 1.35 bits per heavy atom. The summed E-state index contributed by atoms with van der Waals surface area (Å²) in [4.78, 5) is 10.9. The lowest BCUT2D eigenvalue weighted by Crippen LogP contribution is -2.22. The highest BCUT2D eigenvalue weighted by Gasteiger charge is 2.16. The number of carbonyl (C=O) groups is 1.